The van der Waals surface area contributed by atoms with Gasteiger partial charge in [-0.25, -0.2) is 4.98 Å². The lowest BCUT2D eigenvalue weighted by atomic mass is 9.82. The van der Waals surface area contributed by atoms with E-state index in [9.17, 15) is 5.26 Å². The van der Waals surface area contributed by atoms with Gasteiger partial charge in [0.15, 0.2) is 0 Å². The van der Waals surface area contributed by atoms with Crippen molar-refractivity contribution in [2.45, 2.75) is 51.6 Å². The van der Waals surface area contributed by atoms with Crippen LogP contribution in [0.1, 0.15) is 37.4 Å². The summed E-state index contributed by atoms with van der Waals surface area (Å²) in [4.78, 5) is 17.0. The normalized spacial score (nSPS) is 25.2. The van der Waals surface area contributed by atoms with Gasteiger partial charge in [0.2, 0.25) is 5.95 Å². The summed E-state index contributed by atoms with van der Waals surface area (Å²) in [5.41, 5.74) is 2.15. The molecule has 1 N–H and O–H groups in total. The van der Waals surface area contributed by atoms with Gasteiger partial charge in [-0.2, -0.15) is 14.6 Å². The number of fused-ring (bicyclic) bond motifs is 1. The van der Waals surface area contributed by atoms with Crippen LogP contribution in [0.5, 0.6) is 0 Å². The third-order valence-corrected chi connectivity index (χ3v) is 8.07. The minimum atomic E-state index is 0.0768. The van der Waals surface area contributed by atoms with Crippen LogP contribution in [0.25, 0.3) is 0 Å². The number of aromatic nitrogens is 3. The van der Waals surface area contributed by atoms with Crippen molar-refractivity contribution in [3.63, 3.8) is 0 Å². The van der Waals surface area contributed by atoms with Gasteiger partial charge in [-0.3, -0.25) is 9.80 Å². The van der Waals surface area contributed by atoms with Gasteiger partial charge in [-0.15, -0.1) is 0 Å². The molecule has 0 spiro atoms. The third kappa shape index (κ3) is 4.07. The molecule has 8 nitrogen and oxygen atoms in total. The Hall–Kier alpha value is -2.28. The maximum Gasteiger partial charge on any atom is 0.229 e. The summed E-state index contributed by atoms with van der Waals surface area (Å²) in [6.07, 6.45) is 4.73. The van der Waals surface area contributed by atoms with Crippen LogP contribution in [0.4, 0.5) is 16.8 Å². The Balaban J connectivity index is 1.31. The summed E-state index contributed by atoms with van der Waals surface area (Å²) < 4.78 is 4.32. The van der Waals surface area contributed by atoms with Gasteiger partial charge in [-0.1, -0.05) is 6.92 Å². The molecule has 32 heavy (non-hydrogen) atoms. The summed E-state index contributed by atoms with van der Waals surface area (Å²) in [5.74, 6) is 2.39. The fourth-order valence-corrected chi connectivity index (χ4v) is 6.35. The Morgan fingerprint density at radius 3 is 2.88 bits per heavy atom. The summed E-state index contributed by atoms with van der Waals surface area (Å²) in [7, 11) is 0. The van der Waals surface area contributed by atoms with Crippen LogP contribution in [0, 0.1) is 31.1 Å². The van der Waals surface area contributed by atoms with Gasteiger partial charge in [0.1, 0.15) is 10.8 Å². The van der Waals surface area contributed by atoms with E-state index < -0.39 is 0 Å². The topological polar surface area (TPSA) is 84.2 Å². The predicted molar refractivity (Wildman–Crippen MR) is 127 cm³/mol. The number of piperazine rings is 1. The van der Waals surface area contributed by atoms with E-state index >= 15 is 0 Å². The molecule has 3 aliphatic heterocycles. The average Bonchev–Trinajstić information content (AvgIpc) is 3.32. The zero-order valence-corrected chi connectivity index (χ0v) is 20.0. The molecular formula is C23H32N8S. The molecule has 0 aromatic carbocycles. The van der Waals surface area contributed by atoms with Gasteiger partial charge in [0.25, 0.3) is 0 Å². The third-order valence-electron chi connectivity index (χ3n) is 7.28. The van der Waals surface area contributed by atoms with Crippen molar-refractivity contribution in [3.8, 4) is 6.07 Å². The molecule has 0 aliphatic carbocycles. The van der Waals surface area contributed by atoms with Crippen molar-refractivity contribution < 1.29 is 0 Å². The molecule has 170 valence electrons. The number of nitriles is 1. The second-order valence-corrected chi connectivity index (χ2v) is 10.6. The Bertz CT molecular complexity index is 1010. The van der Waals surface area contributed by atoms with Crippen molar-refractivity contribution in [2.24, 2.45) is 5.92 Å². The molecule has 9 heteroatoms. The van der Waals surface area contributed by atoms with Crippen LogP contribution >= 0.6 is 11.5 Å². The molecule has 3 fully saturated rings. The quantitative estimate of drug-likeness (QED) is 0.715. The van der Waals surface area contributed by atoms with Crippen molar-refractivity contribution >= 4 is 28.3 Å². The molecule has 0 radical (unpaired) electrons. The lowest BCUT2D eigenvalue weighted by molar-refractivity contribution is -0.00728. The standard InChI is InChI=1S/C23H32N8S/c1-16-9-19-13-31(8-7-29(19)12-16)23(5-4-6-24)14-30(15-23)21-17(2)11-25-22(27-21)26-20-10-18(3)28-32-20/h10-11,16,19H,4-5,7-9,12-15H2,1-3H3,(H,25,26,27)/t16-,19+/m1/s1. The number of nitrogens with one attached hydrogen (secondary N) is 1. The first-order valence-corrected chi connectivity index (χ1v) is 12.4. The SMILES string of the molecule is Cc1cc(Nc2ncc(C)c(N3CC(CCC#N)(N4CCN5C[C@H](C)C[C@H]5C4)C3)n2)sn1. The van der Waals surface area contributed by atoms with Crippen molar-refractivity contribution in [2.75, 3.05) is 49.5 Å². The number of hydrogen-bond acceptors (Lipinski definition) is 9. The average molecular weight is 453 g/mol. The zero-order chi connectivity index (χ0) is 22.3. The summed E-state index contributed by atoms with van der Waals surface area (Å²) >= 11 is 1.42. The minimum Gasteiger partial charge on any atom is -0.352 e. The minimum absolute atomic E-state index is 0.0768. The van der Waals surface area contributed by atoms with Crippen molar-refractivity contribution in [1.29, 1.82) is 5.26 Å². The molecule has 3 aliphatic rings. The lowest BCUT2D eigenvalue weighted by Gasteiger charge is -2.59. The van der Waals surface area contributed by atoms with E-state index in [1.807, 2.05) is 19.2 Å². The summed E-state index contributed by atoms with van der Waals surface area (Å²) in [6.45, 7) is 12.9. The molecule has 2 aromatic heterocycles. The molecular weight excluding hydrogens is 420 g/mol. The van der Waals surface area contributed by atoms with Gasteiger partial charge < -0.3 is 10.2 Å². The zero-order valence-electron chi connectivity index (χ0n) is 19.2. The van der Waals surface area contributed by atoms with E-state index in [4.69, 9.17) is 4.98 Å². The first kappa shape index (κ1) is 21.6. The first-order chi connectivity index (χ1) is 15.5. The fourth-order valence-electron chi connectivity index (χ4n) is 5.69. The Kier molecular flexibility index (Phi) is 5.78. The predicted octanol–water partition coefficient (Wildman–Crippen LogP) is 3.18. The molecule has 3 saturated heterocycles. The maximum absolute atomic E-state index is 9.31. The highest BCUT2D eigenvalue weighted by Crippen LogP contribution is 2.39. The number of aryl methyl sites for hydroxylation is 2. The van der Waals surface area contributed by atoms with Gasteiger partial charge in [-0.05, 0) is 50.2 Å². The second-order valence-electron chi connectivity index (χ2n) is 9.83. The van der Waals surface area contributed by atoms with E-state index in [0.29, 0.717) is 18.4 Å². The van der Waals surface area contributed by atoms with Gasteiger partial charge >= 0.3 is 0 Å². The Labute approximate surface area is 194 Å². The Morgan fingerprint density at radius 1 is 1.28 bits per heavy atom. The molecule has 2 aromatic rings. The molecule has 5 heterocycles. The van der Waals surface area contributed by atoms with Crippen molar-refractivity contribution in [1.82, 2.24) is 24.1 Å². The number of nitrogens with zero attached hydrogens (tertiary/aromatic N) is 7. The number of rotatable bonds is 6. The van der Waals surface area contributed by atoms with E-state index in [1.165, 1.54) is 24.5 Å². The van der Waals surface area contributed by atoms with Crippen LogP contribution < -0.4 is 10.2 Å². The molecule has 2 atom stereocenters. The highest BCUT2D eigenvalue weighted by molar-refractivity contribution is 7.10. The van der Waals surface area contributed by atoms with Crippen LogP contribution in [0.3, 0.4) is 0 Å². The second kappa shape index (κ2) is 8.58. The smallest absolute Gasteiger partial charge is 0.229 e. The summed E-state index contributed by atoms with van der Waals surface area (Å²) in [6, 6.07) is 5.07. The van der Waals surface area contributed by atoms with Crippen molar-refractivity contribution in [3.05, 3.63) is 23.5 Å². The highest BCUT2D eigenvalue weighted by Gasteiger charge is 2.50. The molecule has 0 bridgehead atoms. The lowest BCUT2D eigenvalue weighted by Crippen LogP contribution is -2.73. The molecule has 0 saturated carbocycles. The monoisotopic (exact) mass is 452 g/mol. The largest absolute Gasteiger partial charge is 0.352 e. The van der Waals surface area contributed by atoms with Gasteiger partial charge in [0.05, 0.1) is 17.3 Å². The van der Waals surface area contributed by atoms with Crippen LogP contribution in [0.15, 0.2) is 12.3 Å². The van der Waals surface area contributed by atoms with E-state index in [2.05, 4.69) is 49.3 Å². The maximum atomic E-state index is 9.31. The fraction of sp³-hybridized carbons (Fsp3) is 0.652. The Morgan fingerprint density at radius 2 is 2.12 bits per heavy atom. The van der Waals surface area contributed by atoms with E-state index in [-0.39, 0.29) is 5.54 Å². The van der Waals surface area contributed by atoms with Crippen LogP contribution in [0.2, 0.25) is 0 Å². The van der Waals surface area contributed by atoms with Gasteiger partial charge in [0, 0.05) is 63.5 Å². The molecule has 5 rings (SSSR count). The summed E-state index contributed by atoms with van der Waals surface area (Å²) in [5, 5.41) is 13.6. The van der Waals surface area contributed by atoms with E-state index in [1.54, 1.807) is 0 Å². The van der Waals surface area contributed by atoms with Crippen LogP contribution in [-0.4, -0.2) is 75.0 Å². The number of anilines is 3. The van der Waals surface area contributed by atoms with E-state index in [0.717, 1.165) is 67.1 Å². The van der Waals surface area contributed by atoms with Crippen LogP contribution in [-0.2, 0) is 0 Å². The molecule has 0 amide bonds. The highest BCUT2D eigenvalue weighted by atomic mass is 32.1. The molecule has 0 unspecified atom stereocenters. The number of hydrogen-bond donors (Lipinski definition) is 1. The first-order valence-electron chi connectivity index (χ1n) is 11.6.